The standard InChI is InChI=1S/C28H23BrN2O4S/c1-3-13-35-20-10-8-17(9-11-20)25(32)23-24(18-5-4-6-19(29)15-18)31(27(34)26(23)33)28-30-21-12-7-16(2)14-22(21)36-28/h4-12,14-15,24,32H,3,13H2,1-2H3/b25-23+. The van der Waals surface area contributed by atoms with Crippen LogP contribution in [-0.4, -0.2) is 28.4 Å². The van der Waals surface area contributed by atoms with E-state index in [1.807, 2.05) is 56.3 Å². The summed E-state index contributed by atoms with van der Waals surface area (Å²) in [5.41, 5.74) is 2.96. The zero-order valence-corrected chi connectivity index (χ0v) is 22.1. The number of aromatic nitrogens is 1. The first-order valence-corrected chi connectivity index (χ1v) is 13.1. The molecule has 1 aliphatic heterocycles. The topological polar surface area (TPSA) is 79.7 Å². The van der Waals surface area contributed by atoms with Gasteiger partial charge in [0.25, 0.3) is 5.78 Å². The van der Waals surface area contributed by atoms with Gasteiger partial charge in [-0.1, -0.05) is 52.4 Å². The van der Waals surface area contributed by atoms with Gasteiger partial charge in [0, 0.05) is 10.0 Å². The number of hydrogen-bond acceptors (Lipinski definition) is 6. The zero-order chi connectivity index (χ0) is 25.4. The van der Waals surface area contributed by atoms with Crippen molar-refractivity contribution < 1.29 is 19.4 Å². The molecule has 1 N–H and O–H groups in total. The molecule has 3 aromatic carbocycles. The Morgan fingerprint density at radius 3 is 2.61 bits per heavy atom. The second-order valence-corrected chi connectivity index (χ2v) is 10.5. The van der Waals surface area contributed by atoms with Gasteiger partial charge in [0.2, 0.25) is 0 Å². The van der Waals surface area contributed by atoms with Gasteiger partial charge in [0.1, 0.15) is 11.5 Å². The van der Waals surface area contributed by atoms with Crippen molar-refractivity contribution in [1.29, 1.82) is 0 Å². The molecule has 0 saturated carbocycles. The molecule has 0 spiro atoms. The number of carbonyl (C=O) groups excluding carboxylic acids is 2. The first-order chi connectivity index (χ1) is 17.4. The smallest absolute Gasteiger partial charge is 0.301 e. The Kier molecular flexibility index (Phi) is 6.64. The van der Waals surface area contributed by atoms with Crippen molar-refractivity contribution in [3.05, 3.63) is 93.5 Å². The van der Waals surface area contributed by atoms with E-state index in [2.05, 4.69) is 20.9 Å². The highest BCUT2D eigenvalue weighted by atomic mass is 79.9. The van der Waals surface area contributed by atoms with E-state index in [0.29, 0.717) is 28.6 Å². The average molecular weight is 563 g/mol. The van der Waals surface area contributed by atoms with Crippen molar-refractivity contribution in [3.63, 3.8) is 0 Å². The van der Waals surface area contributed by atoms with E-state index in [1.54, 1.807) is 24.3 Å². The Morgan fingerprint density at radius 1 is 1.11 bits per heavy atom. The number of hydrogen-bond donors (Lipinski definition) is 1. The van der Waals surface area contributed by atoms with Crippen LogP contribution in [0.2, 0.25) is 0 Å². The zero-order valence-electron chi connectivity index (χ0n) is 19.7. The largest absolute Gasteiger partial charge is 0.507 e. The van der Waals surface area contributed by atoms with E-state index < -0.39 is 17.7 Å². The number of aryl methyl sites for hydroxylation is 1. The monoisotopic (exact) mass is 562 g/mol. The van der Waals surface area contributed by atoms with Gasteiger partial charge in [-0.25, -0.2) is 4.98 Å². The Hall–Kier alpha value is -3.49. The number of ether oxygens (including phenoxy) is 1. The Balaban J connectivity index is 1.65. The lowest BCUT2D eigenvalue weighted by Crippen LogP contribution is -2.29. The first kappa shape index (κ1) is 24.2. The molecule has 1 aliphatic rings. The molecule has 0 radical (unpaired) electrons. The molecule has 1 amide bonds. The summed E-state index contributed by atoms with van der Waals surface area (Å²) >= 11 is 4.83. The molecule has 5 rings (SSSR count). The number of Topliss-reactive ketones (excluding diaryl/α,β-unsaturated/α-hetero) is 1. The molecule has 1 aromatic heterocycles. The van der Waals surface area contributed by atoms with E-state index in [9.17, 15) is 14.7 Å². The van der Waals surface area contributed by atoms with Gasteiger partial charge < -0.3 is 9.84 Å². The molecular weight excluding hydrogens is 540 g/mol. The predicted molar refractivity (Wildman–Crippen MR) is 146 cm³/mol. The number of halogens is 1. The highest BCUT2D eigenvalue weighted by Crippen LogP contribution is 2.44. The van der Waals surface area contributed by atoms with Gasteiger partial charge in [0.15, 0.2) is 5.13 Å². The fourth-order valence-corrected chi connectivity index (χ4v) is 5.74. The number of carbonyl (C=O) groups is 2. The third kappa shape index (κ3) is 4.42. The third-order valence-electron chi connectivity index (χ3n) is 5.95. The molecule has 6 nitrogen and oxygen atoms in total. The maximum absolute atomic E-state index is 13.4. The summed E-state index contributed by atoms with van der Waals surface area (Å²) in [5.74, 6) is -1.04. The highest BCUT2D eigenvalue weighted by Gasteiger charge is 2.48. The minimum atomic E-state index is -0.833. The maximum Gasteiger partial charge on any atom is 0.301 e. The summed E-state index contributed by atoms with van der Waals surface area (Å²) in [6.45, 7) is 4.60. The van der Waals surface area contributed by atoms with Gasteiger partial charge in [-0.2, -0.15) is 0 Å². The molecule has 182 valence electrons. The molecule has 2 heterocycles. The van der Waals surface area contributed by atoms with E-state index in [1.165, 1.54) is 16.2 Å². The molecule has 0 bridgehead atoms. The van der Waals surface area contributed by atoms with E-state index >= 15 is 0 Å². The van der Waals surface area contributed by atoms with Crippen LogP contribution in [0.4, 0.5) is 5.13 Å². The van der Waals surface area contributed by atoms with Crippen molar-refractivity contribution in [3.8, 4) is 5.75 Å². The Morgan fingerprint density at radius 2 is 1.89 bits per heavy atom. The third-order valence-corrected chi connectivity index (χ3v) is 7.46. The van der Waals surface area contributed by atoms with E-state index in [-0.39, 0.29) is 11.3 Å². The fourth-order valence-electron chi connectivity index (χ4n) is 4.23. The van der Waals surface area contributed by atoms with Crippen LogP contribution in [0, 0.1) is 6.92 Å². The van der Waals surface area contributed by atoms with E-state index in [0.717, 1.165) is 26.7 Å². The highest BCUT2D eigenvalue weighted by molar-refractivity contribution is 9.10. The Bertz CT molecular complexity index is 1510. The van der Waals surface area contributed by atoms with Gasteiger partial charge >= 0.3 is 5.91 Å². The second kappa shape index (κ2) is 9.87. The molecule has 4 aromatic rings. The van der Waals surface area contributed by atoms with Crippen molar-refractivity contribution in [1.82, 2.24) is 4.98 Å². The molecule has 1 fully saturated rings. The summed E-state index contributed by atoms with van der Waals surface area (Å²) in [7, 11) is 0. The Labute approximate surface area is 221 Å². The van der Waals surface area contributed by atoms with Gasteiger partial charge in [-0.05, 0) is 73.0 Å². The molecule has 36 heavy (non-hydrogen) atoms. The number of aliphatic hydroxyl groups excluding tert-OH is 1. The molecule has 0 aliphatic carbocycles. The minimum Gasteiger partial charge on any atom is -0.507 e. The number of thiazole rings is 1. The fraction of sp³-hybridized carbons (Fsp3) is 0.179. The average Bonchev–Trinajstić information content (AvgIpc) is 3.40. The van der Waals surface area contributed by atoms with Crippen molar-refractivity contribution in [2.75, 3.05) is 11.5 Å². The van der Waals surface area contributed by atoms with Crippen LogP contribution in [-0.2, 0) is 9.59 Å². The van der Waals surface area contributed by atoms with Crippen LogP contribution in [0.25, 0.3) is 16.0 Å². The van der Waals surface area contributed by atoms with Gasteiger partial charge in [-0.3, -0.25) is 14.5 Å². The van der Waals surface area contributed by atoms with Crippen LogP contribution in [0.3, 0.4) is 0 Å². The lowest BCUT2D eigenvalue weighted by molar-refractivity contribution is -0.132. The van der Waals surface area contributed by atoms with Gasteiger partial charge in [0.05, 0.1) is 28.4 Å². The predicted octanol–water partition coefficient (Wildman–Crippen LogP) is 6.78. The van der Waals surface area contributed by atoms with Crippen LogP contribution in [0.1, 0.15) is 36.1 Å². The number of rotatable bonds is 6. The van der Waals surface area contributed by atoms with Crippen LogP contribution in [0.5, 0.6) is 5.75 Å². The molecule has 8 heteroatoms. The number of fused-ring (bicyclic) bond motifs is 1. The summed E-state index contributed by atoms with van der Waals surface area (Å²) in [6.07, 6.45) is 0.878. The molecular formula is C28H23BrN2O4S. The summed E-state index contributed by atoms with van der Waals surface area (Å²) in [6, 6.07) is 19.3. The van der Waals surface area contributed by atoms with Crippen LogP contribution in [0.15, 0.2) is 76.8 Å². The minimum absolute atomic E-state index is 0.0239. The summed E-state index contributed by atoms with van der Waals surface area (Å²) < 4.78 is 7.34. The second-order valence-electron chi connectivity index (χ2n) is 8.56. The number of ketones is 1. The van der Waals surface area contributed by atoms with Crippen molar-refractivity contribution in [2.45, 2.75) is 26.3 Å². The molecule has 1 saturated heterocycles. The SMILES string of the molecule is CCCOc1ccc(/C(O)=C2\C(=O)C(=O)N(c3nc4ccc(C)cc4s3)C2c2cccc(Br)c2)cc1. The first-order valence-electron chi connectivity index (χ1n) is 11.5. The number of anilines is 1. The van der Waals surface area contributed by atoms with Crippen molar-refractivity contribution >= 4 is 60.1 Å². The van der Waals surface area contributed by atoms with Crippen molar-refractivity contribution in [2.24, 2.45) is 0 Å². The maximum atomic E-state index is 13.4. The molecule has 1 unspecified atom stereocenters. The number of aliphatic hydroxyl groups is 1. The summed E-state index contributed by atoms with van der Waals surface area (Å²) in [5, 5.41) is 11.7. The summed E-state index contributed by atoms with van der Waals surface area (Å²) in [4.78, 5) is 32.8. The van der Waals surface area contributed by atoms with E-state index in [4.69, 9.17) is 4.74 Å². The van der Waals surface area contributed by atoms with Crippen LogP contribution < -0.4 is 9.64 Å². The number of amides is 1. The lowest BCUT2D eigenvalue weighted by Gasteiger charge is -2.23. The number of nitrogens with zero attached hydrogens (tertiary/aromatic N) is 2. The lowest BCUT2D eigenvalue weighted by atomic mass is 9.95. The molecule has 1 atom stereocenters. The number of benzene rings is 3. The quantitative estimate of drug-likeness (QED) is 0.159. The van der Waals surface area contributed by atoms with Crippen LogP contribution >= 0.6 is 27.3 Å². The van der Waals surface area contributed by atoms with Gasteiger partial charge in [-0.15, -0.1) is 0 Å². The normalized spacial score (nSPS) is 17.2.